The molecule has 7 heteroatoms. The van der Waals surface area contributed by atoms with Gasteiger partial charge in [0.05, 0.1) is 14.2 Å². The summed E-state index contributed by atoms with van der Waals surface area (Å²) in [6, 6.07) is 7.87. The average molecular weight is 447 g/mol. The summed E-state index contributed by atoms with van der Waals surface area (Å²) in [5, 5.41) is 10.7. The van der Waals surface area contributed by atoms with E-state index in [2.05, 4.69) is 32.5 Å². The Hall–Kier alpha value is -1.48. The number of methoxy groups -OCH3 is 2. The van der Waals surface area contributed by atoms with Crippen molar-refractivity contribution >= 4 is 41.3 Å². The molecule has 0 atom stereocenters. The Kier molecular flexibility index (Phi) is 8.78. The molecule has 0 amide bonds. The predicted molar refractivity (Wildman–Crippen MR) is 106 cm³/mol. The van der Waals surface area contributed by atoms with Crippen LogP contribution >= 0.6 is 35.3 Å². The first-order chi connectivity index (χ1) is 10.8. The van der Waals surface area contributed by atoms with Crippen molar-refractivity contribution < 1.29 is 9.47 Å². The lowest BCUT2D eigenvalue weighted by molar-refractivity contribution is 0.390. The smallest absolute Gasteiger partial charge is 0.191 e. The average Bonchev–Trinajstić information content (AvgIpc) is 3.08. The molecule has 0 spiro atoms. The Labute approximate surface area is 158 Å². The van der Waals surface area contributed by atoms with Gasteiger partial charge >= 0.3 is 0 Å². The van der Waals surface area contributed by atoms with E-state index in [-0.39, 0.29) is 24.0 Å². The largest absolute Gasteiger partial charge is 0.497 e. The molecular formula is C16H22IN3O2S. The number of nitrogens with zero attached hydrogens (tertiary/aromatic N) is 1. The molecule has 23 heavy (non-hydrogen) atoms. The van der Waals surface area contributed by atoms with Crippen LogP contribution in [0.25, 0.3) is 0 Å². The third-order valence-corrected chi connectivity index (χ3v) is 3.94. The minimum absolute atomic E-state index is 0. The van der Waals surface area contributed by atoms with Gasteiger partial charge in [-0.2, -0.15) is 11.3 Å². The normalized spacial score (nSPS) is 10.7. The third-order valence-electron chi connectivity index (χ3n) is 3.20. The maximum atomic E-state index is 5.39. The molecule has 0 saturated carbocycles. The van der Waals surface area contributed by atoms with Gasteiger partial charge in [0.15, 0.2) is 5.96 Å². The highest BCUT2D eigenvalue weighted by Crippen LogP contribution is 2.24. The Balaban J connectivity index is 0.00000264. The van der Waals surface area contributed by atoms with Crippen LogP contribution in [0.1, 0.15) is 11.1 Å². The number of halogens is 1. The zero-order valence-electron chi connectivity index (χ0n) is 13.5. The van der Waals surface area contributed by atoms with Crippen molar-refractivity contribution in [3.05, 3.63) is 46.2 Å². The molecule has 0 bridgehead atoms. The minimum Gasteiger partial charge on any atom is -0.497 e. The molecule has 1 aromatic carbocycles. The number of guanidine groups is 1. The van der Waals surface area contributed by atoms with Gasteiger partial charge in [-0.25, -0.2) is 0 Å². The summed E-state index contributed by atoms with van der Waals surface area (Å²) in [7, 11) is 5.05. The summed E-state index contributed by atoms with van der Waals surface area (Å²) in [6.45, 7) is 1.37. The summed E-state index contributed by atoms with van der Waals surface area (Å²) >= 11 is 1.69. The summed E-state index contributed by atoms with van der Waals surface area (Å²) in [6.07, 6.45) is 0. The highest BCUT2D eigenvalue weighted by molar-refractivity contribution is 14.0. The van der Waals surface area contributed by atoms with Gasteiger partial charge in [-0.1, -0.05) is 0 Å². The van der Waals surface area contributed by atoms with Crippen molar-refractivity contribution in [3.63, 3.8) is 0 Å². The maximum absolute atomic E-state index is 5.39. The van der Waals surface area contributed by atoms with E-state index in [0.29, 0.717) is 6.54 Å². The number of ether oxygens (including phenoxy) is 2. The zero-order valence-corrected chi connectivity index (χ0v) is 16.6. The van der Waals surface area contributed by atoms with Crippen molar-refractivity contribution in [2.45, 2.75) is 13.1 Å². The Bertz CT molecular complexity index is 618. The lowest BCUT2D eigenvalue weighted by atomic mass is 10.2. The van der Waals surface area contributed by atoms with Gasteiger partial charge in [0.2, 0.25) is 0 Å². The van der Waals surface area contributed by atoms with Gasteiger partial charge in [0.25, 0.3) is 0 Å². The summed E-state index contributed by atoms with van der Waals surface area (Å²) < 4.78 is 10.6. The first-order valence-corrected chi connectivity index (χ1v) is 7.87. The van der Waals surface area contributed by atoms with E-state index in [1.807, 2.05) is 18.2 Å². The number of nitrogens with one attached hydrogen (secondary N) is 2. The first-order valence-electron chi connectivity index (χ1n) is 6.93. The molecule has 5 nitrogen and oxygen atoms in total. The van der Waals surface area contributed by atoms with Gasteiger partial charge in [0, 0.05) is 31.8 Å². The molecule has 2 N–H and O–H groups in total. The SMILES string of the molecule is CN=C(NCc1ccsc1)NCc1ccc(OC)cc1OC.I. The fraction of sp³-hybridized carbons (Fsp3) is 0.312. The molecule has 0 radical (unpaired) electrons. The lowest BCUT2D eigenvalue weighted by Gasteiger charge is -2.14. The number of thiophene rings is 1. The molecule has 2 rings (SSSR count). The molecule has 126 valence electrons. The highest BCUT2D eigenvalue weighted by Gasteiger charge is 2.06. The van der Waals surface area contributed by atoms with Crippen molar-refractivity contribution in [1.29, 1.82) is 0 Å². The number of hydrogen-bond donors (Lipinski definition) is 2. The summed E-state index contributed by atoms with van der Waals surface area (Å²) in [4.78, 5) is 4.22. The second-order valence-electron chi connectivity index (χ2n) is 4.59. The predicted octanol–water partition coefficient (Wildman–Crippen LogP) is 3.25. The topological polar surface area (TPSA) is 54.9 Å². The standard InChI is InChI=1S/C16H21N3O2S.HI/c1-17-16(18-9-12-6-7-22-11-12)19-10-13-4-5-14(20-2)8-15(13)21-3;/h4-8,11H,9-10H2,1-3H3,(H2,17,18,19);1H. The third kappa shape index (κ3) is 5.91. The number of hydrogen-bond acceptors (Lipinski definition) is 4. The highest BCUT2D eigenvalue weighted by atomic mass is 127. The zero-order chi connectivity index (χ0) is 15.8. The minimum atomic E-state index is 0. The van der Waals surface area contributed by atoms with Crippen molar-refractivity contribution in [3.8, 4) is 11.5 Å². The van der Waals surface area contributed by atoms with Gasteiger partial charge in [-0.15, -0.1) is 24.0 Å². The van der Waals surface area contributed by atoms with E-state index in [0.717, 1.165) is 29.6 Å². The maximum Gasteiger partial charge on any atom is 0.191 e. The van der Waals surface area contributed by atoms with Crippen LogP contribution in [0.15, 0.2) is 40.0 Å². The molecule has 0 fully saturated rings. The molecule has 0 saturated heterocycles. The summed E-state index contributed by atoms with van der Waals surface area (Å²) in [5.74, 6) is 2.32. The first kappa shape index (κ1) is 19.6. The Morgan fingerprint density at radius 1 is 1.13 bits per heavy atom. The van der Waals surface area contributed by atoms with Gasteiger partial charge < -0.3 is 20.1 Å². The van der Waals surface area contributed by atoms with E-state index in [1.54, 1.807) is 32.6 Å². The van der Waals surface area contributed by atoms with Crippen LogP contribution in [0.5, 0.6) is 11.5 Å². The molecule has 2 aromatic rings. The lowest BCUT2D eigenvalue weighted by Crippen LogP contribution is -2.36. The fourth-order valence-corrected chi connectivity index (χ4v) is 2.65. The van der Waals surface area contributed by atoms with Gasteiger partial charge in [0.1, 0.15) is 11.5 Å². The van der Waals surface area contributed by atoms with Crippen LogP contribution in [0.2, 0.25) is 0 Å². The van der Waals surface area contributed by atoms with E-state index in [1.165, 1.54) is 5.56 Å². The summed E-state index contributed by atoms with van der Waals surface area (Å²) in [5.41, 5.74) is 2.29. The van der Waals surface area contributed by atoms with Gasteiger partial charge in [-0.05, 0) is 34.5 Å². The monoisotopic (exact) mass is 447 g/mol. The van der Waals surface area contributed by atoms with E-state index in [9.17, 15) is 0 Å². The second-order valence-corrected chi connectivity index (χ2v) is 5.37. The Morgan fingerprint density at radius 2 is 1.91 bits per heavy atom. The number of benzene rings is 1. The Morgan fingerprint density at radius 3 is 2.52 bits per heavy atom. The fourth-order valence-electron chi connectivity index (χ4n) is 1.98. The molecule has 0 unspecified atom stereocenters. The molecule has 1 aromatic heterocycles. The van der Waals surface area contributed by atoms with Crippen molar-refractivity contribution in [2.75, 3.05) is 21.3 Å². The van der Waals surface area contributed by atoms with Crippen LogP contribution in [0.3, 0.4) is 0 Å². The van der Waals surface area contributed by atoms with Crippen molar-refractivity contribution in [1.82, 2.24) is 10.6 Å². The molecule has 1 heterocycles. The second kappa shape index (κ2) is 10.3. The van der Waals surface area contributed by atoms with E-state index in [4.69, 9.17) is 9.47 Å². The van der Waals surface area contributed by atoms with E-state index < -0.39 is 0 Å². The van der Waals surface area contributed by atoms with E-state index >= 15 is 0 Å². The van der Waals surface area contributed by atoms with Gasteiger partial charge in [-0.3, -0.25) is 4.99 Å². The quantitative estimate of drug-likeness (QED) is 0.406. The number of aliphatic imine (C=N–C) groups is 1. The van der Waals surface area contributed by atoms with Crippen LogP contribution in [-0.4, -0.2) is 27.2 Å². The molecule has 0 aliphatic carbocycles. The molecule has 0 aliphatic heterocycles. The van der Waals surface area contributed by atoms with Crippen LogP contribution < -0.4 is 20.1 Å². The number of rotatable bonds is 6. The van der Waals surface area contributed by atoms with Crippen molar-refractivity contribution in [2.24, 2.45) is 4.99 Å². The molecule has 0 aliphatic rings. The molecular weight excluding hydrogens is 425 g/mol. The van der Waals surface area contributed by atoms with Crippen LogP contribution in [0, 0.1) is 0 Å². The van der Waals surface area contributed by atoms with Crippen LogP contribution in [0.4, 0.5) is 0 Å². The van der Waals surface area contributed by atoms with Crippen LogP contribution in [-0.2, 0) is 13.1 Å².